The standard InChI is InChI=1S/C12H10F3N3O/c1-7-5-10(19)17-18-11(7)16-9-4-2-3-8(6-9)12(13,14)15/h2-6H,1H3,(H,16,18)(H,17,19). The Balaban J connectivity index is 2.31. The third-order valence-corrected chi connectivity index (χ3v) is 2.45. The van der Waals surface area contributed by atoms with Crippen LogP contribution >= 0.6 is 0 Å². The number of H-pyrrole nitrogens is 1. The van der Waals surface area contributed by atoms with Crippen LogP contribution in [0.1, 0.15) is 11.1 Å². The van der Waals surface area contributed by atoms with E-state index in [9.17, 15) is 18.0 Å². The maximum atomic E-state index is 12.5. The summed E-state index contributed by atoms with van der Waals surface area (Å²) in [6, 6.07) is 6.06. The van der Waals surface area contributed by atoms with Gasteiger partial charge in [0.25, 0.3) is 5.56 Å². The van der Waals surface area contributed by atoms with Crippen molar-refractivity contribution in [2.24, 2.45) is 0 Å². The minimum Gasteiger partial charge on any atom is -0.339 e. The fourth-order valence-electron chi connectivity index (χ4n) is 1.53. The summed E-state index contributed by atoms with van der Waals surface area (Å²) in [7, 11) is 0. The highest BCUT2D eigenvalue weighted by Gasteiger charge is 2.30. The van der Waals surface area contributed by atoms with Crippen LogP contribution in [0.15, 0.2) is 35.1 Å². The van der Waals surface area contributed by atoms with E-state index in [0.29, 0.717) is 11.4 Å². The van der Waals surface area contributed by atoms with Crippen LogP contribution in [0.3, 0.4) is 0 Å². The monoisotopic (exact) mass is 269 g/mol. The third-order valence-electron chi connectivity index (χ3n) is 2.45. The van der Waals surface area contributed by atoms with Gasteiger partial charge in [0, 0.05) is 11.8 Å². The number of nitrogens with one attached hydrogen (secondary N) is 2. The number of hydrogen-bond donors (Lipinski definition) is 2. The van der Waals surface area contributed by atoms with Gasteiger partial charge >= 0.3 is 6.18 Å². The Labute approximate surface area is 106 Å². The molecule has 0 unspecified atom stereocenters. The first-order valence-electron chi connectivity index (χ1n) is 5.37. The van der Waals surface area contributed by atoms with Crippen molar-refractivity contribution in [2.75, 3.05) is 5.32 Å². The van der Waals surface area contributed by atoms with Crippen LogP contribution in [0.5, 0.6) is 0 Å². The summed E-state index contributed by atoms with van der Waals surface area (Å²) >= 11 is 0. The molecule has 0 aliphatic carbocycles. The number of anilines is 2. The lowest BCUT2D eigenvalue weighted by Crippen LogP contribution is -2.10. The van der Waals surface area contributed by atoms with Crippen molar-refractivity contribution in [2.45, 2.75) is 13.1 Å². The fraction of sp³-hybridized carbons (Fsp3) is 0.167. The van der Waals surface area contributed by atoms with Gasteiger partial charge in [-0.05, 0) is 30.7 Å². The van der Waals surface area contributed by atoms with Crippen LogP contribution in [0.25, 0.3) is 0 Å². The number of nitrogens with zero attached hydrogens (tertiary/aromatic N) is 1. The molecule has 1 heterocycles. The van der Waals surface area contributed by atoms with Gasteiger partial charge in [0.15, 0.2) is 5.82 Å². The third kappa shape index (κ3) is 3.12. The zero-order valence-electron chi connectivity index (χ0n) is 9.88. The molecule has 0 fully saturated rings. The minimum atomic E-state index is -4.40. The molecular formula is C12H10F3N3O. The van der Waals surface area contributed by atoms with Crippen LogP contribution in [0.2, 0.25) is 0 Å². The molecule has 19 heavy (non-hydrogen) atoms. The van der Waals surface area contributed by atoms with E-state index in [4.69, 9.17) is 0 Å². The maximum Gasteiger partial charge on any atom is 0.416 e. The summed E-state index contributed by atoms with van der Waals surface area (Å²) in [6.45, 7) is 1.64. The van der Waals surface area contributed by atoms with E-state index in [-0.39, 0.29) is 11.2 Å². The Kier molecular flexibility index (Phi) is 3.28. The first-order valence-corrected chi connectivity index (χ1v) is 5.37. The van der Waals surface area contributed by atoms with E-state index in [2.05, 4.69) is 15.5 Å². The summed E-state index contributed by atoms with van der Waals surface area (Å²) < 4.78 is 37.6. The van der Waals surface area contributed by atoms with Crippen LogP contribution in [-0.2, 0) is 6.18 Å². The molecular weight excluding hydrogens is 259 g/mol. The molecule has 0 bridgehead atoms. The molecule has 0 aliphatic rings. The molecule has 0 saturated carbocycles. The van der Waals surface area contributed by atoms with Gasteiger partial charge in [0.2, 0.25) is 0 Å². The van der Waals surface area contributed by atoms with Crippen molar-refractivity contribution in [3.05, 3.63) is 51.8 Å². The summed E-state index contributed by atoms with van der Waals surface area (Å²) in [4.78, 5) is 11.0. The van der Waals surface area contributed by atoms with Crippen LogP contribution < -0.4 is 10.9 Å². The normalized spacial score (nSPS) is 11.4. The van der Waals surface area contributed by atoms with Gasteiger partial charge in [0.1, 0.15) is 0 Å². The number of halogens is 3. The van der Waals surface area contributed by atoms with Crippen LogP contribution in [-0.4, -0.2) is 10.2 Å². The highest BCUT2D eigenvalue weighted by Crippen LogP contribution is 2.31. The largest absolute Gasteiger partial charge is 0.416 e. The Hall–Kier alpha value is -2.31. The van der Waals surface area contributed by atoms with Crippen molar-refractivity contribution in [1.29, 1.82) is 0 Å². The highest BCUT2D eigenvalue weighted by atomic mass is 19.4. The van der Waals surface area contributed by atoms with E-state index >= 15 is 0 Å². The summed E-state index contributed by atoms with van der Waals surface area (Å²) in [5.74, 6) is 0.305. The maximum absolute atomic E-state index is 12.5. The summed E-state index contributed by atoms with van der Waals surface area (Å²) in [6.07, 6.45) is -4.40. The Morgan fingerprint density at radius 3 is 2.63 bits per heavy atom. The van der Waals surface area contributed by atoms with Crippen molar-refractivity contribution >= 4 is 11.5 Å². The second-order valence-corrected chi connectivity index (χ2v) is 3.97. The minimum absolute atomic E-state index is 0.248. The first kappa shape index (κ1) is 13.1. The fourth-order valence-corrected chi connectivity index (χ4v) is 1.53. The molecule has 2 aromatic rings. The molecule has 0 radical (unpaired) electrons. The van der Waals surface area contributed by atoms with Gasteiger partial charge in [-0.15, -0.1) is 0 Å². The molecule has 7 heteroatoms. The van der Waals surface area contributed by atoms with Crippen LogP contribution in [0, 0.1) is 6.92 Å². The van der Waals surface area contributed by atoms with Gasteiger partial charge in [-0.25, -0.2) is 5.10 Å². The molecule has 0 atom stereocenters. The highest BCUT2D eigenvalue weighted by molar-refractivity contribution is 5.59. The summed E-state index contributed by atoms with van der Waals surface area (Å²) in [5, 5.41) is 8.68. The van der Waals surface area contributed by atoms with Crippen molar-refractivity contribution in [3.8, 4) is 0 Å². The van der Waals surface area contributed by atoms with Crippen molar-refractivity contribution in [3.63, 3.8) is 0 Å². The van der Waals surface area contributed by atoms with E-state index in [0.717, 1.165) is 12.1 Å². The van der Waals surface area contributed by atoms with E-state index in [1.807, 2.05) is 0 Å². The molecule has 0 aliphatic heterocycles. The number of alkyl halides is 3. The lowest BCUT2D eigenvalue weighted by molar-refractivity contribution is -0.137. The lowest BCUT2D eigenvalue weighted by atomic mass is 10.2. The molecule has 0 saturated heterocycles. The average Bonchev–Trinajstić information content (AvgIpc) is 2.32. The topological polar surface area (TPSA) is 57.8 Å². The number of hydrogen-bond acceptors (Lipinski definition) is 3. The number of aromatic nitrogens is 2. The molecule has 1 aromatic carbocycles. The van der Waals surface area contributed by atoms with E-state index < -0.39 is 11.7 Å². The smallest absolute Gasteiger partial charge is 0.339 e. The Morgan fingerprint density at radius 1 is 1.26 bits per heavy atom. The number of benzene rings is 1. The van der Waals surface area contributed by atoms with Crippen LogP contribution in [0.4, 0.5) is 24.7 Å². The molecule has 2 N–H and O–H groups in total. The number of aromatic amines is 1. The van der Waals surface area contributed by atoms with E-state index in [1.165, 1.54) is 18.2 Å². The number of aryl methyl sites for hydroxylation is 1. The SMILES string of the molecule is Cc1cc(=O)[nH]nc1Nc1cccc(C(F)(F)F)c1. The van der Waals surface area contributed by atoms with Crippen molar-refractivity contribution in [1.82, 2.24) is 10.2 Å². The number of rotatable bonds is 2. The second-order valence-electron chi connectivity index (χ2n) is 3.97. The first-order chi connectivity index (χ1) is 8.86. The quantitative estimate of drug-likeness (QED) is 0.881. The Morgan fingerprint density at radius 2 is 2.00 bits per heavy atom. The zero-order valence-corrected chi connectivity index (χ0v) is 9.88. The zero-order chi connectivity index (χ0) is 14.0. The molecule has 0 amide bonds. The van der Waals surface area contributed by atoms with E-state index in [1.54, 1.807) is 6.92 Å². The van der Waals surface area contributed by atoms with Gasteiger partial charge in [-0.3, -0.25) is 4.79 Å². The summed E-state index contributed by atoms with van der Waals surface area (Å²) in [5.41, 5.74) is -0.328. The predicted molar refractivity (Wildman–Crippen MR) is 64.3 cm³/mol. The van der Waals surface area contributed by atoms with Gasteiger partial charge in [-0.1, -0.05) is 6.07 Å². The Bertz CT molecular complexity index is 649. The molecule has 100 valence electrons. The van der Waals surface area contributed by atoms with Crippen molar-refractivity contribution < 1.29 is 13.2 Å². The van der Waals surface area contributed by atoms with Gasteiger partial charge in [0.05, 0.1) is 5.56 Å². The lowest BCUT2D eigenvalue weighted by Gasteiger charge is -2.10. The molecule has 1 aromatic heterocycles. The molecule has 4 nitrogen and oxygen atoms in total. The predicted octanol–water partition coefficient (Wildman–Crippen LogP) is 2.84. The molecule has 0 spiro atoms. The average molecular weight is 269 g/mol. The van der Waals surface area contributed by atoms with Gasteiger partial charge in [-0.2, -0.15) is 18.3 Å². The second kappa shape index (κ2) is 4.75. The van der Waals surface area contributed by atoms with Gasteiger partial charge < -0.3 is 5.32 Å². The molecule has 2 rings (SSSR count).